The molecule has 0 aromatic rings. The van der Waals surface area contributed by atoms with Gasteiger partial charge in [-0.05, 0) is 51.4 Å². The summed E-state index contributed by atoms with van der Waals surface area (Å²) in [5.74, 6) is 1.33. The molecule has 5 heteroatoms. The van der Waals surface area contributed by atoms with Gasteiger partial charge in [0.05, 0.1) is 12.1 Å². The van der Waals surface area contributed by atoms with Gasteiger partial charge >= 0.3 is 17.1 Å². The Kier molecular flexibility index (Phi) is 9.92. The van der Waals surface area contributed by atoms with Crippen LogP contribution in [0.4, 0.5) is 0 Å². The summed E-state index contributed by atoms with van der Waals surface area (Å²) in [6.07, 6.45) is 12.1. The molecular weight excluding hydrogens is 284 g/mol. The smallest absolute Gasteiger partial charge is 0.378 e. The van der Waals surface area contributed by atoms with Crippen LogP contribution in [-0.4, -0.2) is 22.4 Å². The van der Waals surface area contributed by atoms with Gasteiger partial charge in [0.15, 0.2) is 0 Å². The molecule has 2 rings (SSSR count). The molecule has 2 aliphatic carbocycles. The first-order chi connectivity index (χ1) is 8.69. The molecular formula is C14H12FeN2O2+2. The van der Waals surface area contributed by atoms with Gasteiger partial charge in [-0.3, -0.25) is 0 Å². The molecule has 4 nitrogen and oxygen atoms in total. The van der Waals surface area contributed by atoms with Crippen LogP contribution < -0.4 is 0 Å². The van der Waals surface area contributed by atoms with Gasteiger partial charge in [0, 0.05) is 11.8 Å². The molecule has 0 aliphatic heterocycles. The van der Waals surface area contributed by atoms with Crippen molar-refractivity contribution in [2.24, 2.45) is 0 Å². The Morgan fingerprint density at radius 3 is 1.21 bits per heavy atom. The van der Waals surface area contributed by atoms with E-state index in [4.69, 9.17) is 20.7 Å². The fourth-order valence-corrected chi connectivity index (χ4v) is 1.29. The van der Waals surface area contributed by atoms with Crippen LogP contribution in [0, 0.1) is 85.9 Å². The molecule has 0 unspecified atom stereocenters. The van der Waals surface area contributed by atoms with Crippen LogP contribution >= 0.6 is 0 Å². The predicted octanol–water partition coefficient (Wildman–Crippen LogP) is 0.550. The van der Waals surface area contributed by atoms with Crippen molar-refractivity contribution in [3.8, 4) is 12.1 Å². The standard InChI is InChI=1S/2C7H6NO.Fe/c2*8-5-7(9)6-3-1-2-4-6;/h2*1-4,7,9H;/q;;+2/t2*7-;/m11./s1. The normalized spacial score (nSPS) is 22.3. The van der Waals surface area contributed by atoms with Crippen molar-refractivity contribution in [3.63, 3.8) is 0 Å². The number of nitrogens with zero attached hydrogens (tertiary/aromatic N) is 2. The molecule has 2 fully saturated rings. The summed E-state index contributed by atoms with van der Waals surface area (Å²) in [5.41, 5.74) is 0. The zero-order valence-corrected chi connectivity index (χ0v) is 11.0. The number of nitriles is 2. The number of rotatable bonds is 2. The van der Waals surface area contributed by atoms with Crippen molar-refractivity contribution < 1.29 is 27.3 Å². The molecule has 10 radical (unpaired) electrons. The molecule has 0 aromatic heterocycles. The summed E-state index contributed by atoms with van der Waals surface area (Å²) in [5, 5.41) is 34.1. The third-order valence-corrected chi connectivity index (χ3v) is 2.25. The first kappa shape index (κ1) is 18.4. The minimum absolute atomic E-state index is 0. The van der Waals surface area contributed by atoms with Gasteiger partial charge in [-0.2, -0.15) is 10.5 Å². The van der Waals surface area contributed by atoms with Crippen LogP contribution in [0.5, 0.6) is 0 Å². The molecule has 2 N–H and O–H groups in total. The first-order valence-corrected chi connectivity index (χ1v) is 5.27. The van der Waals surface area contributed by atoms with Crippen molar-refractivity contribution in [2.75, 3.05) is 0 Å². The third-order valence-electron chi connectivity index (χ3n) is 2.25. The van der Waals surface area contributed by atoms with Gasteiger partial charge in [-0.15, -0.1) is 0 Å². The van der Waals surface area contributed by atoms with E-state index in [0.717, 1.165) is 0 Å². The van der Waals surface area contributed by atoms with Crippen LogP contribution in [-0.2, 0) is 17.1 Å². The molecule has 19 heavy (non-hydrogen) atoms. The summed E-state index contributed by atoms with van der Waals surface area (Å²) in [6.45, 7) is 0. The average molecular weight is 296 g/mol. The van der Waals surface area contributed by atoms with Crippen molar-refractivity contribution in [3.05, 3.63) is 63.2 Å². The zero-order valence-electron chi connectivity index (χ0n) is 9.92. The minimum Gasteiger partial charge on any atom is -0.378 e. The van der Waals surface area contributed by atoms with Crippen molar-refractivity contribution in [1.82, 2.24) is 0 Å². The van der Waals surface area contributed by atoms with Crippen LogP contribution in [0.1, 0.15) is 0 Å². The number of hydrogen-bond acceptors (Lipinski definition) is 4. The maximum atomic E-state index is 8.86. The number of hydrogen-bond donors (Lipinski definition) is 2. The molecule has 2 aliphatic rings. The molecule has 0 saturated heterocycles. The third kappa shape index (κ3) is 6.41. The molecule has 0 amide bonds. The van der Waals surface area contributed by atoms with Gasteiger partial charge in [-0.1, -0.05) is 0 Å². The van der Waals surface area contributed by atoms with Crippen LogP contribution in [0.2, 0.25) is 0 Å². The van der Waals surface area contributed by atoms with Gasteiger partial charge in [0.2, 0.25) is 0 Å². The van der Waals surface area contributed by atoms with E-state index in [1.54, 1.807) is 63.5 Å². The Morgan fingerprint density at radius 1 is 0.737 bits per heavy atom. The van der Waals surface area contributed by atoms with Crippen molar-refractivity contribution in [2.45, 2.75) is 12.2 Å². The van der Waals surface area contributed by atoms with Gasteiger partial charge < -0.3 is 10.2 Å². The molecule has 0 heterocycles. The molecule has 0 spiro atoms. The van der Waals surface area contributed by atoms with E-state index in [1.165, 1.54) is 0 Å². The van der Waals surface area contributed by atoms with Gasteiger partial charge in [0.1, 0.15) is 12.2 Å². The first-order valence-electron chi connectivity index (χ1n) is 5.27. The van der Waals surface area contributed by atoms with Gasteiger partial charge in [-0.25, -0.2) is 0 Å². The molecule has 96 valence electrons. The van der Waals surface area contributed by atoms with E-state index in [1.807, 2.05) is 0 Å². The average Bonchev–Trinajstić information content (AvgIpc) is 3.09. The Hall–Kier alpha value is -0.581. The largest absolute Gasteiger partial charge is 2.00 e. The fourth-order valence-electron chi connectivity index (χ4n) is 1.29. The van der Waals surface area contributed by atoms with E-state index >= 15 is 0 Å². The van der Waals surface area contributed by atoms with E-state index in [-0.39, 0.29) is 17.1 Å². The number of aliphatic hydroxyl groups is 2. The van der Waals surface area contributed by atoms with Gasteiger partial charge in [0.25, 0.3) is 0 Å². The maximum absolute atomic E-state index is 8.86. The topological polar surface area (TPSA) is 88.0 Å². The molecule has 0 bridgehead atoms. The Balaban J connectivity index is 0.000000324. The van der Waals surface area contributed by atoms with E-state index in [2.05, 4.69) is 0 Å². The van der Waals surface area contributed by atoms with E-state index in [0.29, 0.717) is 11.8 Å². The van der Waals surface area contributed by atoms with Crippen molar-refractivity contribution >= 4 is 0 Å². The fraction of sp³-hybridized carbons (Fsp3) is 0.143. The Morgan fingerprint density at radius 2 is 1.00 bits per heavy atom. The monoisotopic (exact) mass is 296 g/mol. The maximum Gasteiger partial charge on any atom is 2.00 e. The Labute approximate surface area is 125 Å². The summed E-state index contributed by atoms with van der Waals surface area (Å²) in [7, 11) is 0. The second kappa shape index (κ2) is 10.2. The van der Waals surface area contributed by atoms with Crippen LogP contribution in [0.15, 0.2) is 0 Å². The van der Waals surface area contributed by atoms with E-state index < -0.39 is 12.2 Å². The van der Waals surface area contributed by atoms with Crippen LogP contribution in [0.25, 0.3) is 0 Å². The molecule has 2 saturated carbocycles. The SMILES string of the molecule is N#C[C@@H](O)[C]1[CH][CH][CH][CH]1.N#C[C@@H](O)[C]1[CH][CH][CH][CH]1.[Fe+2]. The summed E-state index contributed by atoms with van der Waals surface area (Å²) < 4.78 is 0. The zero-order chi connectivity index (χ0) is 13.4. The predicted molar refractivity (Wildman–Crippen MR) is 64.1 cm³/mol. The summed E-state index contributed by atoms with van der Waals surface area (Å²) in [6, 6.07) is 3.45. The minimum atomic E-state index is -0.958. The quantitative estimate of drug-likeness (QED) is 0.575. The second-order valence-corrected chi connectivity index (χ2v) is 3.50. The molecule has 2 atom stereocenters. The van der Waals surface area contributed by atoms with Crippen LogP contribution in [0.3, 0.4) is 0 Å². The Bertz CT molecular complexity index is 280. The number of aliphatic hydroxyl groups excluding tert-OH is 2. The van der Waals surface area contributed by atoms with Crippen molar-refractivity contribution in [1.29, 1.82) is 10.5 Å². The summed E-state index contributed by atoms with van der Waals surface area (Å²) >= 11 is 0. The molecule has 0 aromatic carbocycles. The second-order valence-electron chi connectivity index (χ2n) is 3.50. The summed E-state index contributed by atoms with van der Waals surface area (Å²) in [4.78, 5) is 0. The van der Waals surface area contributed by atoms with E-state index in [9.17, 15) is 0 Å².